The minimum absolute atomic E-state index is 0.128. The number of piperidine rings is 1. The van der Waals surface area contributed by atoms with Gasteiger partial charge in [-0.2, -0.15) is 0 Å². The van der Waals surface area contributed by atoms with E-state index in [1.807, 2.05) is 66.0 Å². The predicted molar refractivity (Wildman–Crippen MR) is 108 cm³/mol. The lowest BCUT2D eigenvalue weighted by molar-refractivity contribution is 0.0690. The summed E-state index contributed by atoms with van der Waals surface area (Å²) in [5.74, 6) is 2.35. The molecule has 1 amide bonds. The number of hydrogen-bond acceptors (Lipinski definition) is 4. The minimum atomic E-state index is 0.128. The number of likely N-dealkylation sites (tertiary alicyclic amines) is 1. The molecule has 0 unspecified atom stereocenters. The Morgan fingerprint density at radius 1 is 1.14 bits per heavy atom. The highest BCUT2D eigenvalue weighted by Crippen LogP contribution is 2.23. The Balaban J connectivity index is 1.41. The third-order valence-corrected chi connectivity index (χ3v) is 5.34. The van der Waals surface area contributed by atoms with Gasteiger partial charge in [0.25, 0.3) is 5.91 Å². The summed E-state index contributed by atoms with van der Waals surface area (Å²) < 4.78 is 1.97. The van der Waals surface area contributed by atoms with Gasteiger partial charge in [-0.15, -0.1) is 0 Å². The molecule has 0 radical (unpaired) electrons. The molecule has 1 aromatic carbocycles. The van der Waals surface area contributed by atoms with Crippen molar-refractivity contribution in [3.05, 3.63) is 65.9 Å². The predicted octanol–water partition coefficient (Wildman–Crippen LogP) is 3.28. The van der Waals surface area contributed by atoms with E-state index >= 15 is 0 Å². The number of nitrogens with zero attached hydrogens (tertiary/aromatic N) is 5. The SMILES string of the molecule is Cc1cc(-c2nccn2C)nc(CC2CCN(C(=O)c3ccccc3)CC2)n1. The van der Waals surface area contributed by atoms with Crippen LogP contribution in [0.2, 0.25) is 0 Å². The van der Waals surface area contributed by atoms with Crippen molar-refractivity contribution in [1.82, 2.24) is 24.4 Å². The molecule has 0 spiro atoms. The molecular weight excluding hydrogens is 350 g/mol. The van der Waals surface area contributed by atoms with Crippen molar-refractivity contribution in [2.45, 2.75) is 26.2 Å². The lowest BCUT2D eigenvalue weighted by atomic mass is 9.92. The van der Waals surface area contributed by atoms with Crippen LogP contribution < -0.4 is 0 Å². The highest BCUT2D eigenvalue weighted by atomic mass is 16.2. The first-order valence-corrected chi connectivity index (χ1v) is 9.77. The molecule has 1 aliphatic heterocycles. The molecule has 6 nitrogen and oxygen atoms in total. The molecule has 0 saturated carbocycles. The van der Waals surface area contributed by atoms with E-state index < -0.39 is 0 Å². The average molecular weight is 375 g/mol. The van der Waals surface area contributed by atoms with Gasteiger partial charge in [-0.3, -0.25) is 4.79 Å². The van der Waals surface area contributed by atoms with E-state index in [1.165, 1.54) is 0 Å². The number of amides is 1. The van der Waals surface area contributed by atoms with E-state index in [-0.39, 0.29) is 5.91 Å². The third kappa shape index (κ3) is 3.96. The third-order valence-electron chi connectivity index (χ3n) is 5.34. The fourth-order valence-corrected chi connectivity index (χ4v) is 3.81. The largest absolute Gasteiger partial charge is 0.339 e. The monoisotopic (exact) mass is 375 g/mol. The molecule has 3 aromatic rings. The van der Waals surface area contributed by atoms with Gasteiger partial charge in [0.1, 0.15) is 11.5 Å². The number of rotatable bonds is 4. The first-order valence-electron chi connectivity index (χ1n) is 9.77. The summed E-state index contributed by atoms with van der Waals surface area (Å²) >= 11 is 0. The van der Waals surface area contributed by atoms with Gasteiger partial charge in [-0.1, -0.05) is 18.2 Å². The second kappa shape index (κ2) is 7.92. The first-order chi connectivity index (χ1) is 13.6. The Kier molecular flexibility index (Phi) is 5.19. The number of hydrogen-bond donors (Lipinski definition) is 0. The molecule has 1 saturated heterocycles. The van der Waals surface area contributed by atoms with Crippen LogP contribution in [0.1, 0.15) is 34.7 Å². The van der Waals surface area contributed by atoms with Crippen LogP contribution in [0.5, 0.6) is 0 Å². The summed E-state index contributed by atoms with van der Waals surface area (Å²) in [5, 5.41) is 0. The zero-order valence-corrected chi connectivity index (χ0v) is 16.4. The van der Waals surface area contributed by atoms with E-state index in [2.05, 4.69) is 9.97 Å². The van der Waals surface area contributed by atoms with E-state index in [9.17, 15) is 4.79 Å². The van der Waals surface area contributed by atoms with Crippen LogP contribution in [0.15, 0.2) is 48.8 Å². The van der Waals surface area contributed by atoms with Crippen LogP contribution >= 0.6 is 0 Å². The molecule has 1 aliphatic rings. The zero-order valence-electron chi connectivity index (χ0n) is 16.4. The Morgan fingerprint density at radius 3 is 2.57 bits per heavy atom. The van der Waals surface area contributed by atoms with Crippen molar-refractivity contribution < 1.29 is 4.79 Å². The lowest BCUT2D eigenvalue weighted by Crippen LogP contribution is -2.39. The van der Waals surface area contributed by atoms with Gasteiger partial charge in [0, 0.05) is 50.2 Å². The molecule has 0 N–H and O–H groups in total. The van der Waals surface area contributed by atoms with E-state index in [4.69, 9.17) is 4.98 Å². The molecule has 1 fully saturated rings. The van der Waals surface area contributed by atoms with Crippen molar-refractivity contribution in [1.29, 1.82) is 0 Å². The number of aryl methyl sites for hydroxylation is 2. The second-order valence-corrected chi connectivity index (χ2v) is 7.48. The summed E-state index contributed by atoms with van der Waals surface area (Å²) in [6.07, 6.45) is 6.51. The minimum Gasteiger partial charge on any atom is -0.339 e. The zero-order chi connectivity index (χ0) is 19.5. The maximum atomic E-state index is 12.6. The molecule has 0 aliphatic carbocycles. The number of benzene rings is 1. The summed E-state index contributed by atoms with van der Waals surface area (Å²) in [5.41, 5.74) is 2.59. The number of carbonyl (C=O) groups excluding carboxylic acids is 1. The summed E-state index contributed by atoms with van der Waals surface area (Å²) in [4.78, 5) is 28.4. The Bertz CT molecular complexity index is 958. The topological polar surface area (TPSA) is 63.9 Å². The molecule has 0 bridgehead atoms. The fourth-order valence-electron chi connectivity index (χ4n) is 3.81. The second-order valence-electron chi connectivity index (χ2n) is 7.48. The molecular formula is C22H25N5O. The quantitative estimate of drug-likeness (QED) is 0.702. The van der Waals surface area contributed by atoms with Crippen molar-refractivity contribution in [2.24, 2.45) is 13.0 Å². The fraction of sp³-hybridized carbons (Fsp3) is 0.364. The van der Waals surface area contributed by atoms with Crippen molar-refractivity contribution in [3.8, 4) is 11.5 Å². The lowest BCUT2D eigenvalue weighted by Gasteiger charge is -2.32. The van der Waals surface area contributed by atoms with Gasteiger partial charge in [-0.05, 0) is 43.9 Å². The number of imidazole rings is 1. The van der Waals surface area contributed by atoms with Gasteiger partial charge in [-0.25, -0.2) is 15.0 Å². The Labute approximate surface area is 165 Å². The molecule has 6 heteroatoms. The van der Waals surface area contributed by atoms with Crippen LogP contribution in [0.3, 0.4) is 0 Å². The van der Waals surface area contributed by atoms with Gasteiger partial charge in [0.15, 0.2) is 5.82 Å². The average Bonchev–Trinajstić information content (AvgIpc) is 3.14. The van der Waals surface area contributed by atoms with Gasteiger partial charge < -0.3 is 9.47 Å². The van der Waals surface area contributed by atoms with Gasteiger partial charge in [0.05, 0.1) is 0 Å². The summed E-state index contributed by atoms with van der Waals surface area (Å²) in [7, 11) is 1.97. The van der Waals surface area contributed by atoms with Crippen molar-refractivity contribution >= 4 is 5.91 Å². The molecule has 4 rings (SSSR count). The summed E-state index contributed by atoms with van der Waals surface area (Å²) in [6, 6.07) is 11.5. The number of aromatic nitrogens is 4. The maximum absolute atomic E-state index is 12.6. The molecule has 28 heavy (non-hydrogen) atoms. The Hall–Kier alpha value is -3.02. The van der Waals surface area contributed by atoms with Crippen molar-refractivity contribution in [2.75, 3.05) is 13.1 Å². The molecule has 2 aromatic heterocycles. The van der Waals surface area contributed by atoms with Crippen LogP contribution in [0.25, 0.3) is 11.5 Å². The molecule has 3 heterocycles. The van der Waals surface area contributed by atoms with E-state index in [1.54, 1.807) is 6.20 Å². The van der Waals surface area contributed by atoms with Gasteiger partial charge in [0.2, 0.25) is 0 Å². The van der Waals surface area contributed by atoms with Crippen LogP contribution in [0.4, 0.5) is 0 Å². The summed E-state index contributed by atoms with van der Waals surface area (Å²) in [6.45, 7) is 3.58. The molecule has 144 valence electrons. The van der Waals surface area contributed by atoms with Crippen LogP contribution in [-0.4, -0.2) is 43.4 Å². The van der Waals surface area contributed by atoms with E-state index in [0.717, 1.165) is 61.0 Å². The smallest absolute Gasteiger partial charge is 0.253 e. The highest BCUT2D eigenvalue weighted by Gasteiger charge is 2.24. The maximum Gasteiger partial charge on any atom is 0.253 e. The van der Waals surface area contributed by atoms with Gasteiger partial charge >= 0.3 is 0 Å². The first kappa shape index (κ1) is 18.3. The standard InChI is InChI=1S/C22H25N5O/c1-16-14-19(21-23-10-13-26(21)2)25-20(24-16)15-17-8-11-27(12-9-17)22(28)18-6-4-3-5-7-18/h3-7,10,13-14,17H,8-9,11-12,15H2,1-2H3. The van der Waals surface area contributed by atoms with Crippen LogP contribution in [-0.2, 0) is 13.5 Å². The number of carbonyl (C=O) groups is 1. The van der Waals surface area contributed by atoms with Crippen LogP contribution in [0, 0.1) is 12.8 Å². The normalized spacial score (nSPS) is 15.0. The molecule has 0 atom stereocenters. The highest BCUT2D eigenvalue weighted by molar-refractivity contribution is 5.94. The van der Waals surface area contributed by atoms with Crippen molar-refractivity contribution in [3.63, 3.8) is 0 Å². The van der Waals surface area contributed by atoms with E-state index in [0.29, 0.717) is 5.92 Å². The Morgan fingerprint density at radius 2 is 1.89 bits per heavy atom.